The molecule has 0 spiro atoms. The number of carbonyl (C=O) groups excluding carboxylic acids is 1. The predicted octanol–water partition coefficient (Wildman–Crippen LogP) is 3.41. The van der Waals surface area contributed by atoms with Gasteiger partial charge in [-0.05, 0) is 31.2 Å². The van der Waals surface area contributed by atoms with Gasteiger partial charge in [-0.3, -0.25) is 9.88 Å². The molecule has 0 radical (unpaired) electrons. The smallest absolute Gasteiger partial charge is 0.410 e. The summed E-state index contributed by atoms with van der Waals surface area (Å²) in [7, 11) is 0. The van der Waals surface area contributed by atoms with Crippen LogP contribution in [0.2, 0.25) is 0 Å². The van der Waals surface area contributed by atoms with Crippen LogP contribution < -0.4 is 9.64 Å². The van der Waals surface area contributed by atoms with Gasteiger partial charge in [0, 0.05) is 24.2 Å². The number of anilines is 1. The third-order valence-electron chi connectivity index (χ3n) is 3.19. The highest BCUT2D eigenvalue weighted by Gasteiger charge is 2.25. The van der Waals surface area contributed by atoms with Gasteiger partial charge in [0.25, 0.3) is 0 Å². The van der Waals surface area contributed by atoms with E-state index in [9.17, 15) is 4.79 Å². The predicted molar refractivity (Wildman–Crippen MR) is 93.5 cm³/mol. The minimum atomic E-state index is -0.505. The molecule has 0 saturated carbocycles. The Hall–Kier alpha value is -2.19. The number of aromatic nitrogens is 3. The maximum atomic E-state index is 12.6. The molecule has 3 heterocycles. The number of fused-ring (bicyclic) bond motifs is 1. The fraction of sp³-hybridized carbons (Fsp3) is 0.200. The van der Waals surface area contributed by atoms with Crippen LogP contribution >= 0.6 is 24.0 Å². The minimum Gasteiger partial charge on any atom is -0.410 e. The summed E-state index contributed by atoms with van der Waals surface area (Å²) in [5, 5.41) is 0. The zero-order valence-electron chi connectivity index (χ0n) is 12.3. The summed E-state index contributed by atoms with van der Waals surface area (Å²) in [4.78, 5) is 27.4. The molecule has 1 unspecified atom stereocenters. The molecule has 0 fully saturated rings. The van der Waals surface area contributed by atoms with Crippen LogP contribution in [0, 0.1) is 0 Å². The fourth-order valence-electron chi connectivity index (χ4n) is 2.01. The van der Waals surface area contributed by atoms with Crippen LogP contribution in [0.25, 0.3) is 10.3 Å². The highest BCUT2D eigenvalue weighted by Crippen LogP contribution is 2.23. The van der Waals surface area contributed by atoms with Crippen molar-refractivity contribution in [2.75, 3.05) is 10.7 Å². The molecule has 0 aliphatic carbocycles. The van der Waals surface area contributed by atoms with E-state index < -0.39 is 6.09 Å². The molecule has 118 valence electrons. The lowest BCUT2D eigenvalue weighted by Gasteiger charge is -2.26. The molecule has 3 aromatic rings. The molecule has 3 rings (SSSR count). The first-order valence-corrected chi connectivity index (χ1v) is 8.42. The number of thiol groups is 1. The van der Waals surface area contributed by atoms with Crippen LogP contribution in [-0.2, 0) is 0 Å². The van der Waals surface area contributed by atoms with Crippen molar-refractivity contribution < 1.29 is 9.53 Å². The number of pyridine rings is 2. The van der Waals surface area contributed by atoms with Gasteiger partial charge in [0.1, 0.15) is 21.9 Å². The molecule has 0 saturated heterocycles. The molecule has 8 heteroatoms. The Bertz CT molecular complexity index is 809. The number of carbonyl (C=O) groups is 1. The Balaban J connectivity index is 1.92. The molecule has 6 nitrogen and oxygen atoms in total. The number of ether oxygens (including phenoxy) is 1. The SMILES string of the molecule is CC(CS)N(C(=O)Oc1ccncc1)c1ccc2ncsc2n1. The van der Waals surface area contributed by atoms with Crippen molar-refractivity contribution in [2.24, 2.45) is 0 Å². The molecule has 3 aromatic heterocycles. The number of nitrogens with zero attached hydrogens (tertiary/aromatic N) is 4. The molecular weight excluding hydrogens is 332 g/mol. The van der Waals surface area contributed by atoms with Crippen LogP contribution in [0.1, 0.15) is 6.92 Å². The van der Waals surface area contributed by atoms with Gasteiger partial charge in [0.2, 0.25) is 0 Å². The van der Waals surface area contributed by atoms with E-state index in [0.717, 1.165) is 10.3 Å². The van der Waals surface area contributed by atoms with Crippen molar-refractivity contribution in [1.29, 1.82) is 0 Å². The normalized spacial score (nSPS) is 12.1. The highest BCUT2D eigenvalue weighted by molar-refractivity contribution is 7.80. The zero-order chi connectivity index (χ0) is 16.2. The molecule has 0 bridgehead atoms. The third-order valence-corrected chi connectivity index (χ3v) is 4.45. The van der Waals surface area contributed by atoms with Gasteiger partial charge >= 0.3 is 6.09 Å². The van der Waals surface area contributed by atoms with Gasteiger partial charge in [-0.25, -0.2) is 14.8 Å². The standard InChI is InChI=1S/C15H14N4O2S2/c1-10(8-22)19(15(20)21-11-4-6-16-7-5-11)13-3-2-12-14(18-13)23-9-17-12/h2-7,9-10,22H,8H2,1H3. The van der Waals surface area contributed by atoms with Gasteiger partial charge in [-0.2, -0.15) is 12.6 Å². The van der Waals surface area contributed by atoms with E-state index in [1.165, 1.54) is 16.2 Å². The maximum Gasteiger partial charge on any atom is 0.421 e. The maximum absolute atomic E-state index is 12.6. The van der Waals surface area contributed by atoms with Crippen molar-refractivity contribution in [3.63, 3.8) is 0 Å². The molecule has 0 aliphatic rings. The topological polar surface area (TPSA) is 68.2 Å². The van der Waals surface area contributed by atoms with E-state index in [0.29, 0.717) is 17.3 Å². The average molecular weight is 346 g/mol. The molecular formula is C15H14N4O2S2. The number of rotatable bonds is 4. The summed E-state index contributed by atoms with van der Waals surface area (Å²) < 4.78 is 5.41. The van der Waals surface area contributed by atoms with Crippen LogP contribution in [0.4, 0.5) is 10.6 Å². The van der Waals surface area contributed by atoms with Gasteiger partial charge < -0.3 is 4.74 Å². The highest BCUT2D eigenvalue weighted by atomic mass is 32.1. The molecule has 23 heavy (non-hydrogen) atoms. The Morgan fingerprint density at radius 3 is 2.87 bits per heavy atom. The Labute approximate surface area is 142 Å². The molecule has 0 aliphatic heterocycles. The van der Waals surface area contributed by atoms with Crippen LogP contribution in [0.3, 0.4) is 0 Å². The van der Waals surface area contributed by atoms with Crippen LogP contribution in [0.5, 0.6) is 5.75 Å². The minimum absolute atomic E-state index is 0.175. The lowest BCUT2D eigenvalue weighted by atomic mass is 10.3. The van der Waals surface area contributed by atoms with Crippen molar-refractivity contribution in [3.05, 3.63) is 42.2 Å². The third kappa shape index (κ3) is 3.43. The van der Waals surface area contributed by atoms with Crippen LogP contribution in [0.15, 0.2) is 42.2 Å². The van der Waals surface area contributed by atoms with E-state index in [4.69, 9.17) is 4.74 Å². The molecule has 0 aromatic carbocycles. The van der Waals surface area contributed by atoms with Gasteiger partial charge in [-0.1, -0.05) is 0 Å². The summed E-state index contributed by atoms with van der Waals surface area (Å²) in [5.41, 5.74) is 2.53. The molecule has 0 N–H and O–H groups in total. The number of hydrogen-bond donors (Lipinski definition) is 1. The van der Waals surface area contributed by atoms with Crippen LogP contribution in [-0.4, -0.2) is 32.8 Å². The first-order valence-electron chi connectivity index (χ1n) is 6.91. The lowest BCUT2D eigenvalue weighted by molar-refractivity contribution is 0.205. The molecule has 1 amide bonds. The Kier molecular flexibility index (Phi) is 4.73. The van der Waals surface area contributed by atoms with Gasteiger partial charge in [-0.15, -0.1) is 11.3 Å². The second-order valence-corrected chi connectivity index (χ2v) is 6.00. The molecule has 1 atom stereocenters. The quantitative estimate of drug-likeness (QED) is 0.733. The first-order chi connectivity index (χ1) is 11.2. The zero-order valence-corrected chi connectivity index (χ0v) is 14.0. The van der Waals surface area contributed by atoms with Gasteiger partial charge in [0.05, 0.1) is 5.51 Å². The summed E-state index contributed by atoms with van der Waals surface area (Å²) in [5.74, 6) is 1.43. The van der Waals surface area contributed by atoms with Crippen molar-refractivity contribution in [3.8, 4) is 5.75 Å². The number of amides is 1. The van der Waals surface area contributed by atoms with E-state index in [2.05, 4.69) is 27.6 Å². The van der Waals surface area contributed by atoms with E-state index in [1.807, 2.05) is 13.0 Å². The van der Waals surface area contributed by atoms with E-state index >= 15 is 0 Å². The summed E-state index contributed by atoms with van der Waals surface area (Å²) in [6.07, 6.45) is 2.63. The summed E-state index contributed by atoms with van der Waals surface area (Å²) in [6.45, 7) is 1.89. The van der Waals surface area contributed by atoms with E-state index in [-0.39, 0.29) is 6.04 Å². The van der Waals surface area contributed by atoms with Crippen molar-refractivity contribution >= 4 is 46.2 Å². The second-order valence-electron chi connectivity index (χ2n) is 4.80. The largest absolute Gasteiger partial charge is 0.421 e. The number of thiazole rings is 1. The van der Waals surface area contributed by atoms with E-state index in [1.54, 1.807) is 36.1 Å². The number of hydrogen-bond acceptors (Lipinski definition) is 7. The van der Waals surface area contributed by atoms with Crippen molar-refractivity contribution in [1.82, 2.24) is 15.0 Å². The van der Waals surface area contributed by atoms with Crippen molar-refractivity contribution in [2.45, 2.75) is 13.0 Å². The summed E-state index contributed by atoms with van der Waals surface area (Å²) >= 11 is 5.72. The Morgan fingerprint density at radius 2 is 2.13 bits per heavy atom. The van der Waals surface area contributed by atoms with Gasteiger partial charge in [0.15, 0.2) is 0 Å². The second kappa shape index (κ2) is 6.93. The first kappa shape index (κ1) is 15.7. The monoisotopic (exact) mass is 346 g/mol. The average Bonchev–Trinajstić information content (AvgIpc) is 3.03. The summed E-state index contributed by atoms with van der Waals surface area (Å²) in [6, 6.07) is 6.68. The fourth-order valence-corrected chi connectivity index (χ4v) is 2.83. The Morgan fingerprint density at radius 1 is 1.35 bits per heavy atom. The lowest BCUT2D eigenvalue weighted by Crippen LogP contribution is -2.42.